The highest BCUT2D eigenvalue weighted by atomic mass is 35.5. The average Bonchev–Trinajstić information content (AvgIpc) is 2.98. The van der Waals surface area contributed by atoms with Crippen LogP contribution in [-0.2, 0) is 0 Å². The van der Waals surface area contributed by atoms with Crippen LogP contribution in [0.5, 0.6) is 0 Å². The van der Waals surface area contributed by atoms with E-state index in [1.165, 1.54) is 12.8 Å². The molecule has 0 spiro atoms. The zero-order valence-electron chi connectivity index (χ0n) is 10.7. The van der Waals surface area contributed by atoms with Crippen LogP contribution < -0.4 is 5.32 Å². The Kier molecular flexibility index (Phi) is 3.48. The average molecular weight is 300 g/mol. The third-order valence-corrected chi connectivity index (χ3v) is 4.90. The van der Waals surface area contributed by atoms with Gasteiger partial charge in [0, 0.05) is 11.7 Å². The first-order chi connectivity index (χ1) is 9.04. The summed E-state index contributed by atoms with van der Waals surface area (Å²) < 4.78 is 13.4. The molecule has 1 nitrogen and oxygen atoms in total. The molecule has 0 heterocycles. The summed E-state index contributed by atoms with van der Waals surface area (Å²) in [5, 5.41) is 3.54. The van der Waals surface area contributed by atoms with Gasteiger partial charge < -0.3 is 5.32 Å². The molecule has 1 aromatic rings. The van der Waals surface area contributed by atoms with Gasteiger partial charge in [-0.2, -0.15) is 0 Å². The molecule has 1 aromatic carbocycles. The second-order valence-electron chi connectivity index (χ2n) is 5.63. The third-order valence-electron chi connectivity index (χ3n) is 4.35. The summed E-state index contributed by atoms with van der Waals surface area (Å²) in [5.74, 6) is 1.51. The summed E-state index contributed by atoms with van der Waals surface area (Å²) >= 11 is 11.6. The van der Waals surface area contributed by atoms with Crippen LogP contribution in [0.3, 0.4) is 0 Å². The number of hydrogen-bond acceptors (Lipinski definition) is 1. The van der Waals surface area contributed by atoms with Gasteiger partial charge in [-0.05, 0) is 49.7 Å². The van der Waals surface area contributed by atoms with Crippen LogP contribution in [0.1, 0.15) is 19.8 Å². The fourth-order valence-corrected chi connectivity index (χ4v) is 3.89. The molecule has 4 heteroatoms. The van der Waals surface area contributed by atoms with Gasteiger partial charge in [-0.15, -0.1) is 0 Å². The predicted octanol–water partition coefficient (Wildman–Crippen LogP) is 5.15. The van der Waals surface area contributed by atoms with Crippen LogP contribution in [0.4, 0.5) is 10.1 Å². The molecule has 2 aliphatic carbocycles. The first kappa shape index (κ1) is 13.3. The molecule has 0 radical (unpaired) electrons. The fraction of sp³-hybridized carbons (Fsp3) is 0.467. The molecule has 0 aliphatic heterocycles. The molecule has 2 bridgehead atoms. The molecule has 0 amide bonds. The fourth-order valence-electron chi connectivity index (χ4n) is 3.41. The minimum Gasteiger partial charge on any atom is -0.382 e. The third kappa shape index (κ3) is 2.48. The van der Waals surface area contributed by atoms with Gasteiger partial charge in [0.15, 0.2) is 5.82 Å². The summed E-state index contributed by atoms with van der Waals surface area (Å²) in [6.07, 6.45) is 7.18. The van der Waals surface area contributed by atoms with Crippen molar-refractivity contribution < 1.29 is 4.39 Å². The lowest BCUT2D eigenvalue weighted by atomic mass is 9.87. The standard InChI is InChI=1S/C15H16Cl2FN/c1-8(12-5-9-2-3-10(12)4-9)19-11-6-13(16)15(18)14(17)7-11/h2-3,6-10,12,19H,4-5H2,1H3. The topological polar surface area (TPSA) is 12.0 Å². The van der Waals surface area contributed by atoms with Gasteiger partial charge in [0.1, 0.15) is 0 Å². The summed E-state index contributed by atoms with van der Waals surface area (Å²) in [6.45, 7) is 2.17. The summed E-state index contributed by atoms with van der Waals surface area (Å²) in [7, 11) is 0. The highest BCUT2D eigenvalue weighted by Gasteiger charge is 2.38. The first-order valence-corrected chi connectivity index (χ1v) is 7.39. The van der Waals surface area contributed by atoms with Gasteiger partial charge in [-0.25, -0.2) is 4.39 Å². The van der Waals surface area contributed by atoms with E-state index in [0.717, 1.165) is 11.6 Å². The summed E-state index contributed by atoms with van der Waals surface area (Å²) in [5.41, 5.74) is 0.788. The molecule has 19 heavy (non-hydrogen) atoms. The van der Waals surface area contributed by atoms with Crippen molar-refractivity contribution in [3.8, 4) is 0 Å². The van der Waals surface area contributed by atoms with Crippen LogP contribution in [0.15, 0.2) is 24.3 Å². The zero-order valence-corrected chi connectivity index (χ0v) is 12.2. The van der Waals surface area contributed by atoms with Crippen molar-refractivity contribution in [1.29, 1.82) is 0 Å². The molecule has 0 saturated heterocycles. The Labute approximate surface area is 122 Å². The molecule has 1 saturated carbocycles. The van der Waals surface area contributed by atoms with Gasteiger partial charge >= 0.3 is 0 Å². The Morgan fingerprint density at radius 3 is 2.42 bits per heavy atom. The minimum atomic E-state index is -0.551. The van der Waals surface area contributed by atoms with Crippen molar-refractivity contribution in [1.82, 2.24) is 0 Å². The lowest BCUT2D eigenvalue weighted by Crippen LogP contribution is -2.28. The van der Waals surface area contributed by atoms with E-state index in [1.807, 2.05) is 0 Å². The second kappa shape index (κ2) is 4.99. The van der Waals surface area contributed by atoms with E-state index in [-0.39, 0.29) is 10.0 Å². The smallest absolute Gasteiger partial charge is 0.160 e. The number of fused-ring (bicyclic) bond motifs is 2. The van der Waals surface area contributed by atoms with Crippen molar-refractivity contribution in [3.05, 3.63) is 40.1 Å². The van der Waals surface area contributed by atoms with Gasteiger partial charge in [0.05, 0.1) is 10.0 Å². The van der Waals surface area contributed by atoms with E-state index in [0.29, 0.717) is 17.9 Å². The largest absolute Gasteiger partial charge is 0.382 e. The number of anilines is 1. The lowest BCUT2D eigenvalue weighted by molar-refractivity contribution is 0.400. The number of hydrogen-bond donors (Lipinski definition) is 1. The summed E-state index contributed by atoms with van der Waals surface area (Å²) in [6, 6.07) is 3.53. The number of halogens is 3. The molecule has 1 N–H and O–H groups in total. The Morgan fingerprint density at radius 1 is 1.21 bits per heavy atom. The predicted molar refractivity (Wildman–Crippen MR) is 78.3 cm³/mol. The van der Waals surface area contributed by atoms with Crippen molar-refractivity contribution in [2.45, 2.75) is 25.8 Å². The summed E-state index contributed by atoms with van der Waals surface area (Å²) in [4.78, 5) is 0. The van der Waals surface area contributed by atoms with Crippen molar-refractivity contribution in [2.75, 3.05) is 5.32 Å². The van der Waals surface area contributed by atoms with Crippen LogP contribution in [0, 0.1) is 23.6 Å². The highest BCUT2D eigenvalue weighted by Crippen LogP contribution is 2.45. The maximum atomic E-state index is 13.4. The Bertz CT molecular complexity index is 506. The van der Waals surface area contributed by atoms with Crippen LogP contribution >= 0.6 is 23.2 Å². The van der Waals surface area contributed by atoms with Crippen LogP contribution in [-0.4, -0.2) is 6.04 Å². The molecule has 1 fully saturated rings. The van der Waals surface area contributed by atoms with Crippen molar-refractivity contribution in [3.63, 3.8) is 0 Å². The SMILES string of the molecule is CC(Nc1cc(Cl)c(F)c(Cl)c1)C1CC2C=CC1C2. The molecule has 4 unspecified atom stereocenters. The quantitative estimate of drug-likeness (QED) is 0.601. The molecule has 3 rings (SSSR count). The zero-order chi connectivity index (χ0) is 13.6. The molecular formula is C15H16Cl2FN. The van der Waals surface area contributed by atoms with Crippen molar-refractivity contribution >= 4 is 28.9 Å². The monoisotopic (exact) mass is 299 g/mol. The highest BCUT2D eigenvalue weighted by molar-refractivity contribution is 6.35. The van der Waals surface area contributed by atoms with Crippen LogP contribution in [0.2, 0.25) is 10.0 Å². The molecule has 0 aromatic heterocycles. The minimum absolute atomic E-state index is 0.0649. The molecule has 2 aliphatic rings. The Balaban J connectivity index is 1.73. The van der Waals surface area contributed by atoms with Gasteiger partial charge in [0.25, 0.3) is 0 Å². The van der Waals surface area contributed by atoms with E-state index in [4.69, 9.17) is 23.2 Å². The van der Waals surface area contributed by atoms with Gasteiger partial charge in [-0.3, -0.25) is 0 Å². The Morgan fingerprint density at radius 2 is 1.89 bits per heavy atom. The second-order valence-corrected chi connectivity index (χ2v) is 6.45. The van der Waals surface area contributed by atoms with Gasteiger partial charge in [0.2, 0.25) is 0 Å². The van der Waals surface area contributed by atoms with E-state index in [9.17, 15) is 4.39 Å². The number of rotatable bonds is 3. The van der Waals surface area contributed by atoms with Crippen molar-refractivity contribution in [2.24, 2.45) is 17.8 Å². The van der Waals surface area contributed by atoms with E-state index >= 15 is 0 Å². The van der Waals surface area contributed by atoms with Crippen LogP contribution in [0.25, 0.3) is 0 Å². The maximum absolute atomic E-state index is 13.4. The normalized spacial score (nSPS) is 29.8. The molecule has 102 valence electrons. The lowest BCUT2D eigenvalue weighted by Gasteiger charge is -2.27. The number of allylic oxidation sites excluding steroid dienone is 2. The van der Waals surface area contributed by atoms with E-state index in [1.54, 1.807) is 12.1 Å². The van der Waals surface area contributed by atoms with Gasteiger partial charge in [-0.1, -0.05) is 35.4 Å². The first-order valence-electron chi connectivity index (χ1n) is 6.64. The number of benzene rings is 1. The number of nitrogens with one attached hydrogen (secondary N) is 1. The van der Waals surface area contributed by atoms with E-state index in [2.05, 4.69) is 24.4 Å². The molecule has 4 atom stereocenters. The Hall–Kier alpha value is -0.730. The van der Waals surface area contributed by atoms with E-state index < -0.39 is 5.82 Å². The molecular weight excluding hydrogens is 284 g/mol. The maximum Gasteiger partial charge on any atom is 0.160 e.